The van der Waals surface area contributed by atoms with Gasteiger partial charge in [0.05, 0.1) is 22.2 Å². The molecule has 1 N–H and O–H groups in total. The molecule has 11 heteroatoms. The Bertz CT molecular complexity index is 1000. The quantitative estimate of drug-likeness (QED) is 0.526. The van der Waals surface area contributed by atoms with Crippen LogP contribution in [-0.4, -0.2) is 31.7 Å². The van der Waals surface area contributed by atoms with E-state index in [1.807, 2.05) is 5.32 Å². The number of benzene rings is 2. The van der Waals surface area contributed by atoms with Crippen LogP contribution in [0.2, 0.25) is 5.02 Å². The molecular formula is C17H15ClF4N2O3S. The minimum Gasteiger partial charge on any atom is -0.322 e. The number of hydrogen-bond acceptors (Lipinski definition) is 3. The van der Waals surface area contributed by atoms with E-state index in [0.717, 1.165) is 28.6 Å². The van der Waals surface area contributed by atoms with E-state index in [1.165, 1.54) is 0 Å². The van der Waals surface area contributed by atoms with Gasteiger partial charge in [0.2, 0.25) is 15.9 Å². The number of carbonyl (C=O) groups is 1. The van der Waals surface area contributed by atoms with Gasteiger partial charge in [0.1, 0.15) is 5.82 Å². The zero-order chi connectivity index (χ0) is 21.1. The highest BCUT2D eigenvalue weighted by atomic mass is 35.5. The van der Waals surface area contributed by atoms with Crippen LogP contribution in [0.5, 0.6) is 0 Å². The van der Waals surface area contributed by atoms with Gasteiger partial charge in [0.15, 0.2) is 17.5 Å². The fourth-order valence-corrected chi connectivity index (χ4v) is 4.05. The summed E-state index contributed by atoms with van der Waals surface area (Å²) in [6.45, 7) is 0.849. The third kappa shape index (κ3) is 4.81. The molecule has 152 valence electrons. The Balaban J connectivity index is 2.25. The van der Waals surface area contributed by atoms with Crippen molar-refractivity contribution in [3.63, 3.8) is 0 Å². The Morgan fingerprint density at radius 1 is 1.07 bits per heavy atom. The average Bonchev–Trinajstić information content (AvgIpc) is 2.64. The largest absolute Gasteiger partial charge is 0.322 e. The van der Waals surface area contributed by atoms with Gasteiger partial charge in [-0.15, -0.1) is 0 Å². The number of carbonyl (C=O) groups excluding carboxylic acids is 1. The fraction of sp³-hybridized carbons (Fsp3) is 0.235. The third-order valence-corrected chi connectivity index (χ3v) is 5.76. The van der Waals surface area contributed by atoms with Crippen molar-refractivity contribution in [1.82, 2.24) is 4.31 Å². The standard InChI is InChI=1S/C17H15ClF4N2O3S/c1-2-7-24(28(26,27)10-3-4-12(19)11(18)8-10)9-15(25)23-14-6-5-13(20)16(21)17(14)22/h3-6,8H,2,7,9H2,1H3,(H,23,25). The van der Waals surface area contributed by atoms with Gasteiger partial charge in [-0.05, 0) is 36.8 Å². The van der Waals surface area contributed by atoms with Crippen LogP contribution in [0.3, 0.4) is 0 Å². The molecule has 28 heavy (non-hydrogen) atoms. The van der Waals surface area contributed by atoms with Gasteiger partial charge >= 0.3 is 0 Å². The number of amides is 1. The van der Waals surface area contributed by atoms with Crippen molar-refractivity contribution in [2.24, 2.45) is 0 Å². The molecule has 5 nitrogen and oxygen atoms in total. The molecule has 0 saturated heterocycles. The van der Waals surface area contributed by atoms with Crippen LogP contribution in [0.25, 0.3) is 0 Å². The maximum atomic E-state index is 13.7. The summed E-state index contributed by atoms with van der Waals surface area (Å²) in [6.07, 6.45) is 0.334. The number of halogens is 5. The van der Waals surface area contributed by atoms with Gasteiger partial charge in [-0.1, -0.05) is 18.5 Å². The molecule has 0 spiro atoms. The van der Waals surface area contributed by atoms with Crippen LogP contribution < -0.4 is 5.32 Å². The van der Waals surface area contributed by atoms with Crippen molar-refractivity contribution in [2.45, 2.75) is 18.2 Å². The SMILES string of the molecule is CCCN(CC(=O)Nc1ccc(F)c(F)c1F)S(=O)(=O)c1ccc(F)c(Cl)c1. The predicted molar refractivity (Wildman–Crippen MR) is 95.4 cm³/mol. The number of sulfonamides is 1. The minimum absolute atomic E-state index is 0.0784. The van der Waals surface area contributed by atoms with Gasteiger partial charge in [0, 0.05) is 6.54 Å². The van der Waals surface area contributed by atoms with E-state index in [-0.39, 0.29) is 11.4 Å². The summed E-state index contributed by atoms with van der Waals surface area (Å²) in [5, 5.41) is 1.59. The lowest BCUT2D eigenvalue weighted by molar-refractivity contribution is -0.116. The topological polar surface area (TPSA) is 66.5 Å². The summed E-state index contributed by atoms with van der Waals surface area (Å²) in [5.41, 5.74) is -0.637. The second-order valence-corrected chi connectivity index (χ2v) is 8.03. The van der Waals surface area contributed by atoms with Crippen LogP contribution >= 0.6 is 11.6 Å². The lowest BCUT2D eigenvalue weighted by Gasteiger charge is -2.21. The molecule has 0 heterocycles. The molecule has 2 aromatic rings. The predicted octanol–water partition coefficient (Wildman–Crippen LogP) is 3.94. The normalized spacial score (nSPS) is 11.7. The Hall–Kier alpha value is -2.17. The van der Waals surface area contributed by atoms with Crippen molar-refractivity contribution in [3.05, 3.63) is 58.6 Å². The summed E-state index contributed by atoms with van der Waals surface area (Å²) >= 11 is 5.61. The first-order chi connectivity index (χ1) is 13.1. The Morgan fingerprint density at radius 3 is 2.32 bits per heavy atom. The zero-order valence-corrected chi connectivity index (χ0v) is 16.1. The summed E-state index contributed by atoms with van der Waals surface area (Å²) in [6, 6.07) is 4.20. The van der Waals surface area contributed by atoms with Crippen LogP contribution in [0.1, 0.15) is 13.3 Å². The highest BCUT2D eigenvalue weighted by Crippen LogP contribution is 2.23. The summed E-state index contributed by atoms with van der Waals surface area (Å²) in [5.74, 6) is -6.59. The molecule has 0 unspecified atom stereocenters. The van der Waals surface area contributed by atoms with E-state index in [9.17, 15) is 30.8 Å². The lowest BCUT2D eigenvalue weighted by atomic mass is 10.2. The van der Waals surface area contributed by atoms with Crippen LogP contribution in [0.15, 0.2) is 35.2 Å². The maximum absolute atomic E-state index is 13.7. The van der Waals surface area contributed by atoms with Crippen LogP contribution in [0, 0.1) is 23.3 Å². The molecule has 0 aliphatic heterocycles. The number of rotatable bonds is 7. The molecule has 0 fully saturated rings. The summed E-state index contributed by atoms with van der Waals surface area (Å²) in [4.78, 5) is 11.8. The monoisotopic (exact) mass is 438 g/mol. The molecule has 0 aromatic heterocycles. The molecule has 0 atom stereocenters. The number of nitrogens with one attached hydrogen (secondary N) is 1. The highest BCUT2D eigenvalue weighted by molar-refractivity contribution is 7.89. The van der Waals surface area contributed by atoms with E-state index >= 15 is 0 Å². The number of hydrogen-bond donors (Lipinski definition) is 1. The van der Waals surface area contributed by atoms with Gasteiger partial charge in [-0.25, -0.2) is 26.0 Å². The van der Waals surface area contributed by atoms with E-state index in [1.54, 1.807) is 6.92 Å². The third-order valence-electron chi connectivity index (χ3n) is 3.63. The smallest absolute Gasteiger partial charge is 0.243 e. The fourth-order valence-electron chi connectivity index (χ4n) is 2.29. The lowest BCUT2D eigenvalue weighted by Crippen LogP contribution is -2.38. The number of nitrogens with zero attached hydrogens (tertiary/aromatic N) is 1. The van der Waals surface area contributed by atoms with Gasteiger partial charge < -0.3 is 5.32 Å². The Labute approximate surface area is 164 Å². The molecule has 0 saturated carbocycles. The molecule has 1 amide bonds. The molecule has 2 rings (SSSR count). The van der Waals surface area contributed by atoms with Crippen molar-refractivity contribution in [3.8, 4) is 0 Å². The Kier molecular flexibility index (Phi) is 7.02. The van der Waals surface area contributed by atoms with Crippen molar-refractivity contribution < 1.29 is 30.8 Å². The van der Waals surface area contributed by atoms with Gasteiger partial charge in [-0.2, -0.15) is 4.31 Å². The minimum atomic E-state index is -4.22. The summed E-state index contributed by atoms with van der Waals surface area (Å²) < 4.78 is 79.4. The van der Waals surface area contributed by atoms with E-state index in [0.29, 0.717) is 12.5 Å². The van der Waals surface area contributed by atoms with Gasteiger partial charge in [0.25, 0.3) is 0 Å². The maximum Gasteiger partial charge on any atom is 0.243 e. The van der Waals surface area contributed by atoms with Crippen molar-refractivity contribution >= 4 is 33.2 Å². The second kappa shape index (κ2) is 8.89. The van der Waals surface area contributed by atoms with Crippen LogP contribution in [-0.2, 0) is 14.8 Å². The first-order valence-electron chi connectivity index (χ1n) is 7.96. The van der Waals surface area contributed by atoms with E-state index < -0.39 is 56.5 Å². The van der Waals surface area contributed by atoms with Crippen LogP contribution in [0.4, 0.5) is 23.2 Å². The van der Waals surface area contributed by atoms with E-state index in [4.69, 9.17) is 11.6 Å². The Morgan fingerprint density at radius 2 is 1.71 bits per heavy atom. The zero-order valence-electron chi connectivity index (χ0n) is 14.5. The van der Waals surface area contributed by atoms with Gasteiger partial charge in [-0.3, -0.25) is 4.79 Å². The highest BCUT2D eigenvalue weighted by Gasteiger charge is 2.27. The van der Waals surface area contributed by atoms with Crippen molar-refractivity contribution in [2.75, 3.05) is 18.4 Å². The molecular weight excluding hydrogens is 424 g/mol. The first-order valence-corrected chi connectivity index (χ1v) is 9.78. The summed E-state index contributed by atoms with van der Waals surface area (Å²) in [7, 11) is -4.22. The molecule has 0 aliphatic rings. The molecule has 2 aromatic carbocycles. The molecule has 0 radical (unpaired) electrons. The van der Waals surface area contributed by atoms with E-state index in [2.05, 4.69) is 0 Å². The molecule has 0 bridgehead atoms. The number of anilines is 1. The van der Waals surface area contributed by atoms with Crippen molar-refractivity contribution in [1.29, 1.82) is 0 Å². The molecule has 0 aliphatic carbocycles. The second-order valence-electron chi connectivity index (χ2n) is 5.69. The average molecular weight is 439 g/mol. The first kappa shape index (κ1) is 22.1.